The fourth-order valence-corrected chi connectivity index (χ4v) is 2.71. The summed E-state index contributed by atoms with van der Waals surface area (Å²) in [4.78, 5) is 0. The van der Waals surface area contributed by atoms with Gasteiger partial charge in [-0.1, -0.05) is 30.9 Å². The minimum atomic E-state index is 0.538. The Morgan fingerprint density at radius 1 is 1.25 bits per heavy atom. The number of benzene rings is 1. The van der Waals surface area contributed by atoms with Crippen LogP contribution in [0.25, 0.3) is 0 Å². The average molecular weight is 239 g/mol. The molecule has 0 bridgehead atoms. The molecule has 0 heterocycles. The maximum absolute atomic E-state index is 6.21. The highest BCUT2D eigenvalue weighted by Crippen LogP contribution is 2.32. The van der Waals surface area contributed by atoms with Gasteiger partial charge in [0.05, 0.1) is 16.4 Å². The molecule has 1 aliphatic carbocycles. The standard InChI is InChI=1S/C13H19ClN2/c1-9-7-11(14)13(12(15)8-9)16-10-5-3-2-4-6-10/h7-8,10,16H,2-6,15H2,1H3. The molecule has 1 aliphatic rings. The van der Waals surface area contributed by atoms with Gasteiger partial charge in [-0.25, -0.2) is 0 Å². The molecule has 2 rings (SSSR count). The van der Waals surface area contributed by atoms with Crippen molar-refractivity contribution in [1.82, 2.24) is 0 Å². The van der Waals surface area contributed by atoms with E-state index in [1.807, 2.05) is 19.1 Å². The lowest BCUT2D eigenvalue weighted by Crippen LogP contribution is -2.23. The molecule has 0 saturated heterocycles. The van der Waals surface area contributed by atoms with Crippen LogP contribution in [0.2, 0.25) is 5.02 Å². The number of hydrogen-bond donors (Lipinski definition) is 2. The van der Waals surface area contributed by atoms with E-state index in [4.69, 9.17) is 17.3 Å². The van der Waals surface area contributed by atoms with E-state index < -0.39 is 0 Å². The second kappa shape index (κ2) is 4.96. The Labute approximate surface area is 102 Å². The number of rotatable bonds is 2. The van der Waals surface area contributed by atoms with E-state index in [0.29, 0.717) is 6.04 Å². The summed E-state index contributed by atoms with van der Waals surface area (Å²) in [7, 11) is 0. The van der Waals surface area contributed by atoms with Crippen LogP contribution in [0.4, 0.5) is 11.4 Å². The number of anilines is 2. The van der Waals surface area contributed by atoms with Crippen molar-refractivity contribution >= 4 is 23.0 Å². The van der Waals surface area contributed by atoms with Crippen molar-refractivity contribution in [3.63, 3.8) is 0 Å². The van der Waals surface area contributed by atoms with Gasteiger partial charge in [0.15, 0.2) is 0 Å². The van der Waals surface area contributed by atoms with Gasteiger partial charge >= 0.3 is 0 Å². The van der Waals surface area contributed by atoms with Crippen LogP contribution in [-0.4, -0.2) is 6.04 Å². The number of hydrogen-bond acceptors (Lipinski definition) is 2. The van der Waals surface area contributed by atoms with Crippen molar-refractivity contribution < 1.29 is 0 Å². The van der Waals surface area contributed by atoms with Crippen LogP contribution >= 0.6 is 11.6 Å². The van der Waals surface area contributed by atoms with E-state index in [0.717, 1.165) is 22.0 Å². The van der Waals surface area contributed by atoms with E-state index in [9.17, 15) is 0 Å². The predicted molar refractivity (Wildman–Crippen MR) is 71.1 cm³/mol. The fraction of sp³-hybridized carbons (Fsp3) is 0.538. The Balaban J connectivity index is 2.14. The van der Waals surface area contributed by atoms with Gasteiger partial charge in [0.25, 0.3) is 0 Å². The van der Waals surface area contributed by atoms with Gasteiger partial charge in [-0.2, -0.15) is 0 Å². The molecule has 0 atom stereocenters. The lowest BCUT2D eigenvalue weighted by Gasteiger charge is -2.25. The maximum Gasteiger partial charge on any atom is 0.0765 e. The summed E-state index contributed by atoms with van der Waals surface area (Å²) in [6.45, 7) is 2.01. The van der Waals surface area contributed by atoms with Crippen LogP contribution in [0.1, 0.15) is 37.7 Å². The van der Waals surface area contributed by atoms with Crippen LogP contribution in [0.3, 0.4) is 0 Å². The van der Waals surface area contributed by atoms with Crippen molar-refractivity contribution in [2.24, 2.45) is 0 Å². The third kappa shape index (κ3) is 2.62. The maximum atomic E-state index is 6.21. The average Bonchev–Trinajstić information content (AvgIpc) is 2.25. The van der Waals surface area contributed by atoms with Crippen molar-refractivity contribution in [3.05, 3.63) is 22.7 Å². The molecule has 0 spiro atoms. The molecule has 1 fully saturated rings. The third-order valence-corrected chi connectivity index (χ3v) is 3.52. The predicted octanol–water partition coefficient (Wildman–Crippen LogP) is 3.98. The van der Waals surface area contributed by atoms with Crippen LogP contribution in [0, 0.1) is 6.92 Å². The number of halogens is 1. The van der Waals surface area contributed by atoms with Gasteiger partial charge in [-0.15, -0.1) is 0 Å². The second-order valence-corrected chi connectivity index (χ2v) is 5.10. The molecule has 2 nitrogen and oxygen atoms in total. The summed E-state index contributed by atoms with van der Waals surface area (Å²) < 4.78 is 0. The largest absolute Gasteiger partial charge is 0.397 e. The normalized spacial score (nSPS) is 17.4. The zero-order chi connectivity index (χ0) is 11.5. The number of aryl methyl sites for hydroxylation is 1. The minimum Gasteiger partial charge on any atom is -0.397 e. The smallest absolute Gasteiger partial charge is 0.0765 e. The van der Waals surface area contributed by atoms with Crippen molar-refractivity contribution in [1.29, 1.82) is 0 Å². The van der Waals surface area contributed by atoms with Crippen LogP contribution < -0.4 is 11.1 Å². The Bertz CT molecular complexity index is 347. The van der Waals surface area contributed by atoms with Gasteiger partial charge in [-0.05, 0) is 37.5 Å². The van der Waals surface area contributed by atoms with E-state index >= 15 is 0 Å². The zero-order valence-electron chi connectivity index (χ0n) is 9.72. The van der Waals surface area contributed by atoms with E-state index in [-0.39, 0.29) is 0 Å². The fourth-order valence-electron chi connectivity index (χ4n) is 2.37. The number of nitrogens with one attached hydrogen (secondary N) is 1. The molecule has 1 saturated carbocycles. The lowest BCUT2D eigenvalue weighted by molar-refractivity contribution is 0.463. The molecule has 3 N–H and O–H groups in total. The van der Waals surface area contributed by atoms with Gasteiger partial charge < -0.3 is 11.1 Å². The lowest BCUT2D eigenvalue weighted by atomic mass is 9.95. The Morgan fingerprint density at radius 2 is 1.94 bits per heavy atom. The quantitative estimate of drug-likeness (QED) is 0.765. The highest BCUT2D eigenvalue weighted by molar-refractivity contribution is 6.34. The first kappa shape index (κ1) is 11.6. The van der Waals surface area contributed by atoms with E-state index in [1.165, 1.54) is 32.1 Å². The molecule has 1 aromatic carbocycles. The summed E-state index contributed by atoms with van der Waals surface area (Å²) in [5.74, 6) is 0. The van der Waals surface area contributed by atoms with Crippen molar-refractivity contribution in [3.8, 4) is 0 Å². The minimum absolute atomic E-state index is 0.538. The first-order valence-electron chi connectivity index (χ1n) is 5.99. The highest BCUT2D eigenvalue weighted by Gasteiger charge is 2.15. The summed E-state index contributed by atoms with van der Waals surface area (Å²) in [5, 5.41) is 4.23. The molecular weight excluding hydrogens is 220 g/mol. The van der Waals surface area contributed by atoms with Crippen LogP contribution in [-0.2, 0) is 0 Å². The van der Waals surface area contributed by atoms with Gasteiger partial charge in [-0.3, -0.25) is 0 Å². The Kier molecular flexibility index (Phi) is 3.59. The summed E-state index contributed by atoms with van der Waals surface area (Å²) in [5.41, 5.74) is 8.78. The summed E-state index contributed by atoms with van der Waals surface area (Å²) in [6, 6.07) is 4.47. The number of nitrogens with two attached hydrogens (primary N) is 1. The Morgan fingerprint density at radius 3 is 2.56 bits per heavy atom. The van der Waals surface area contributed by atoms with Gasteiger partial charge in [0.1, 0.15) is 0 Å². The molecule has 0 radical (unpaired) electrons. The molecule has 0 amide bonds. The molecule has 0 unspecified atom stereocenters. The number of nitrogen functional groups attached to an aromatic ring is 1. The first-order chi connectivity index (χ1) is 7.66. The molecule has 16 heavy (non-hydrogen) atoms. The SMILES string of the molecule is Cc1cc(N)c(NC2CCCCC2)c(Cl)c1. The van der Waals surface area contributed by atoms with Crippen LogP contribution in [0.5, 0.6) is 0 Å². The van der Waals surface area contributed by atoms with E-state index in [2.05, 4.69) is 5.32 Å². The van der Waals surface area contributed by atoms with Gasteiger partial charge in [0, 0.05) is 6.04 Å². The monoisotopic (exact) mass is 238 g/mol. The molecule has 1 aromatic rings. The van der Waals surface area contributed by atoms with Crippen LogP contribution in [0.15, 0.2) is 12.1 Å². The molecule has 88 valence electrons. The van der Waals surface area contributed by atoms with E-state index in [1.54, 1.807) is 0 Å². The molecule has 3 heteroatoms. The molecule has 0 aromatic heterocycles. The molecule has 0 aliphatic heterocycles. The second-order valence-electron chi connectivity index (χ2n) is 4.69. The summed E-state index contributed by atoms with van der Waals surface area (Å²) in [6.07, 6.45) is 6.42. The third-order valence-electron chi connectivity index (χ3n) is 3.22. The highest BCUT2D eigenvalue weighted by atomic mass is 35.5. The Hall–Kier alpha value is -0.890. The summed E-state index contributed by atoms with van der Waals surface area (Å²) >= 11 is 6.21. The topological polar surface area (TPSA) is 38.0 Å². The molecular formula is C13H19ClN2. The first-order valence-corrected chi connectivity index (χ1v) is 6.37. The zero-order valence-corrected chi connectivity index (χ0v) is 10.5. The van der Waals surface area contributed by atoms with Crippen molar-refractivity contribution in [2.45, 2.75) is 45.1 Å². The van der Waals surface area contributed by atoms with Gasteiger partial charge in [0.2, 0.25) is 0 Å². The van der Waals surface area contributed by atoms with Crippen molar-refractivity contribution in [2.75, 3.05) is 11.1 Å².